The lowest BCUT2D eigenvalue weighted by Crippen LogP contribution is -2.04. The number of hydrogen-bond donors (Lipinski definition) is 2. The molecule has 0 radical (unpaired) electrons. The van der Waals surface area contributed by atoms with E-state index in [9.17, 15) is 9.59 Å². The van der Waals surface area contributed by atoms with Gasteiger partial charge in [-0.25, -0.2) is 4.79 Å². The summed E-state index contributed by atoms with van der Waals surface area (Å²) in [6.45, 7) is 3.01. The first-order valence-electron chi connectivity index (χ1n) is 2.17. The van der Waals surface area contributed by atoms with E-state index in [4.69, 9.17) is 10.2 Å². The molecule has 0 atom stereocenters. The molecule has 0 fully saturated rings. The summed E-state index contributed by atoms with van der Waals surface area (Å²) < 4.78 is 0. The third kappa shape index (κ3) is 8.68. The van der Waals surface area contributed by atoms with Crippen molar-refractivity contribution in [2.75, 3.05) is 0 Å². The van der Waals surface area contributed by atoms with Gasteiger partial charge in [0.1, 0.15) is 0 Å². The van der Waals surface area contributed by atoms with Crippen molar-refractivity contribution in [2.24, 2.45) is 0 Å². The predicted octanol–water partition coefficient (Wildman–Crippen LogP) is 1.37. The molecule has 0 aromatic carbocycles. The van der Waals surface area contributed by atoms with Gasteiger partial charge >= 0.3 is 11.9 Å². The molecule has 0 aromatic heterocycles. The minimum Gasteiger partial charge on any atom is -0.481 e. The Labute approximate surface area is 66.2 Å². The highest BCUT2D eigenvalue weighted by molar-refractivity contribution is 5.91. The third-order valence-electron chi connectivity index (χ3n) is 0.667. The molecule has 0 amide bonds. The molecule has 0 bridgehead atoms. The Morgan fingerprint density at radius 1 is 1.18 bits per heavy atom. The highest BCUT2D eigenvalue weighted by atomic mass is 16.4. The van der Waals surface area contributed by atoms with Gasteiger partial charge in [-0.3, -0.25) is 4.79 Å². The number of aliphatic carboxylic acids is 2. The zero-order chi connectivity index (χ0) is 7.44. The average molecular weight is 162 g/mol. The maximum absolute atomic E-state index is 9.87. The zero-order valence-corrected chi connectivity index (χ0v) is 4.63. The van der Waals surface area contributed by atoms with Crippen LogP contribution in [0.3, 0.4) is 0 Å². The molecule has 0 aromatic rings. The number of hydrogen-bond acceptors (Lipinski definition) is 2. The highest BCUT2D eigenvalue weighted by Gasteiger charge is 2.07. The summed E-state index contributed by atoms with van der Waals surface area (Å²) in [5.74, 6) is -2.44. The normalized spacial score (nSPS) is 6.91. The van der Waals surface area contributed by atoms with Crippen LogP contribution in [0, 0.1) is 0 Å². The van der Waals surface area contributed by atoms with Gasteiger partial charge in [0.2, 0.25) is 0 Å². The smallest absolute Gasteiger partial charge is 0.331 e. The SMILES string of the molecule is C.C.C=C(CC(=O)O)C(=O)O. The largest absolute Gasteiger partial charge is 0.481 e. The molecule has 0 aliphatic carbocycles. The van der Waals surface area contributed by atoms with Crippen LogP contribution in [-0.4, -0.2) is 22.2 Å². The highest BCUT2D eigenvalue weighted by Crippen LogP contribution is 1.95. The van der Waals surface area contributed by atoms with Crippen LogP contribution in [0.25, 0.3) is 0 Å². The Kier molecular flexibility index (Phi) is 10.1. The number of carboxylic acid groups (broad SMARTS) is 2. The molecular weight excluding hydrogens is 148 g/mol. The molecule has 0 saturated heterocycles. The molecule has 2 N–H and O–H groups in total. The second-order valence-electron chi connectivity index (χ2n) is 1.48. The summed E-state index contributed by atoms with van der Waals surface area (Å²) in [7, 11) is 0. The molecule has 66 valence electrons. The van der Waals surface area contributed by atoms with Gasteiger partial charge in [0.25, 0.3) is 0 Å². The van der Waals surface area contributed by atoms with Crippen LogP contribution in [0.2, 0.25) is 0 Å². The molecule has 0 rings (SSSR count). The fourth-order valence-electron chi connectivity index (χ4n) is 0.258. The average Bonchev–Trinajstić information content (AvgIpc) is 1.63. The minimum absolute atomic E-state index is 0. The predicted molar refractivity (Wildman–Crippen MR) is 42.5 cm³/mol. The Morgan fingerprint density at radius 2 is 1.55 bits per heavy atom. The van der Waals surface area contributed by atoms with Gasteiger partial charge in [0, 0.05) is 5.57 Å². The molecule has 0 aliphatic heterocycles. The quantitative estimate of drug-likeness (QED) is 0.614. The molecule has 0 unspecified atom stereocenters. The Hall–Kier alpha value is -1.32. The molecule has 4 heteroatoms. The van der Waals surface area contributed by atoms with Gasteiger partial charge in [0.15, 0.2) is 0 Å². The maximum atomic E-state index is 9.87. The first-order valence-corrected chi connectivity index (χ1v) is 2.17. The lowest BCUT2D eigenvalue weighted by Gasteiger charge is -1.91. The van der Waals surface area contributed by atoms with E-state index in [-0.39, 0.29) is 20.4 Å². The summed E-state index contributed by atoms with van der Waals surface area (Å²) >= 11 is 0. The fraction of sp³-hybridized carbons (Fsp3) is 0.429. The third-order valence-corrected chi connectivity index (χ3v) is 0.667. The van der Waals surface area contributed by atoms with E-state index in [0.29, 0.717) is 0 Å². The van der Waals surface area contributed by atoms with Crippen LogP contribution in [-0.2, 0) is 9.59 Å². The van der Waals surface area contributed by atoms with Crippen LogP contribution in [0.4, 0.5) is 0 Å². The Bertz CT molecular complexity index is 160. The maximum Gasteiger partial charge on any atom is 0.331 e. The molecule has 0 spiro atoms. The van der Waals surface area contributed by atoms with Crippen LogP contribution in [0.1, 0.15) is 21.3 Å². The molecule has 4 nitrogen and oxygen atoms in total. The topological polar surface area (TPSA) is 74.6 Å². The van der Waals surface area contributed by atoms with E-state index in [1.54, 1.807) is 0 Å². The van der Waals surface area contributed by atoms with Gasteiger partial charge in [-0.1, -0.05) is 21.4 Å². The van der Waals surface area contributed by atoms with Crippen molar-refractivity contribution in [3.8, 4) is 0 Å². The second kappa shape index (κ2) is 6.80. The first kappa shape index (κ1) is 16.3. The fourth-order valence-corrected chi connectivity index (χ4v) is 0.258. The van der Waals surface area contributed by atoms with E-state index in [2.05, 4.69) is 6.58 Å². The summed E-state index contributed by atoms with van der Waals surface area (Å²) in [5.41, 5.74) is -0.303. The van der Waals surface area contributed by atoms with Crippen LogP contribution < -0.4 is 0 Å². The summed E-state index contributed by atoms with van der Waals surface area (Å²) in [6, 6.07) is 0. The first-order chi connectivity index (χ1) is 4.04. The number of rotatable bonds is 3. The van der Waals surface area contributed by atoms with Crippen molar-refractivity contribution in [3.63, 3.8) is 0 Å². The van der Waals surface area contributed by atoms with Crippen molar-refractivity contribution in [3.05, 3.63) is 12.2 Å². The zero-order valence-electron chi connectivity index (χ0n) is 4.63. The van der Waals surface area contributed by atoms with Crippen molar-refractivity contribution >= 4 is 11.9 Å². The van der Waals surface area contributed by atoms with Crippen molar-refractivity contribution in [2.45, 2.75) is 21.3 Å². The second-order valence-corrected chi connectivity index (χ2v) is 1.48. The van der Waals surface area contributed by atoms with Crippen LogP contribution in [0.15, 0.2) is 12.2 Å². The number of carboxylic acids is 2. The van der Waals surface area contributed by atoms with Gasteiger partial charge < -0.3 is 10.2 Å². The molecule has 0 heterocycles. The lowest BCUT2D eigenvalue weighted by atomic mass is 10.2. The Balaban J connectivity index is -0.000000320. The minimum atomic E-state index is -1.27. The summed E-state index contributed by atoms with van der Waals surface area (Å²) in [6.07, 6.45) is -0.505. The molecule has 0 aliphatic rings. The van der Waals surface area contributed by atoms with E-state index < -0.39 is 18.4 Å². The van der Waals surface area contributed by atoms with Crippen molar-refractivity contribution in [1.29, 1.82) is 0 Å². The standard InChI is InChI=1S/C5H6O4.2CH4/c1-3(5(8)9)2-4(6)7;;/h1-2H2,(H,6,7)(H,8,9);2*1H4. The van der Waals surface area contributed by atoms with E-state index in [1.807, 2.05) is 0 Å². The molecular formula is C7H14O4. The van der Waals surface area contributed by atoms with Gasteiger partial charge in [-0.05, 0) is 0 Å². The Morgan fingerprint density at radius 3 is 1.64 bits per heavy atom. The van der Waals surface area contributed by atoms with Crippen LogP contribution in [0.5, 0.6) is 0 Å². The van der Waals surface area contributed by atoms with Gasteiger partial charge in [-0.2, -0.15) is 0 Å². The van der Waals surface area contributed by atoms with E-state index in [1.165, 1.54) is 0 Å². The monoisotopic (exact) mass is 162 g/mol. The van der Waals surface area contributed by atoms with Crippen molar-refractivity contribution < 1.29 is 19.8 Å². The summed E-state index contributed by atoms with van der Waals surface area (Å²) in [5, 5.41) is 16.1. The van der Waals surface area contributed by atoms with E-state index >= 15 is 0 Å². The molecule has 0 saturated carbocycles. The lowest BCUT2D eigenvalue weighted by molar-refractivity contribution is -0.139. The summed E-state index contributed by atoms with van der Waals surface area (Å²) in [4.78, 5) is 19.7. The van der Waals surface area contributed by atoms with Gasteiger partial charge in [-0.15, -0.1) is 0 Å². The molecule has 11 heavy (non-hydrogen) atoms. The van der Waals surface area contributed by atoms with Crippen molar-refractivity contribution in [1.82, 2.24) is 0 Å². The van der Waals surface area contributed by atoms with Gasteiger partial charge in [0.05, 0.1) is 6.42 Å². The number of carbonyl (C=O) groups is 2. The van der Waals surface area contributed by atoms with Crippen LogP contribution >= 0.6 is 0 Å². The van der Waals surface area contributed by atoms with E-state index in [0.717, 1.165) is 0 Å².